The molecule has 0 N–H and O–H groups in total. The number of amides is 1. The summed E-state index contributed by atoms with van der Waals surface area (Å²) in [7, 11) is 0. The van der Waals surface area contributed by atoms with E-state index in [1.807, 2.05) is 54.9 Å². The molecule has 0 saturated carbocycles. The van der Waals surface area contributed by atoms with E-state index in [1.165, 1.54) is 11.0 Å². The van der Waals surface area contributed by atoms with Gasteiger partial charge >= 0.3 is 6.09 Å². The predicted molar refractivity (Wildman–Crippen MR) is 103 cm³/mol. The summed E-state index contributed by atoms with van der Waals surface area (Å²) < 4.78 is 5.42. The number of ether oxygens (including phenoxy) is 1. The maximum Gasteiger partial charge on any atom is 0.410 e. The van der Waals surface area contributed by atoms with E-state index in [0.29, 0.717) is 19.7 Å². The van der Waals surface area contributed by atoms with E-state index < -0.39 is 0 Å². The summed E-state index contributed by atoms with van der Waals surface area (Å²) in [5, 5.41) is 2.34. The van der Waals surface area contributed by atoms with Crippen molar-refractivity contribution < 1.29 is 9.53 Å². The zero-order valence-electron chi connectivity index (χ0n) is 14.5. The Labute approximate surface area is 152 Å². The summed E-state index contributed by atoms with van der Waals surface area (Å²) in [5.41, 5.74) is 3.39. The highest BCUT2D eigenvalue weighted by molar-refractivity contribution is 5.93. The molecule has 3 aromatic rings. The van der Waals surface area contributed by atoms with E-state index in [9.17, 15) is 4.79 Å². The SMILES string of the molecule is O=C(OCc1ccccc1)N1CC=C(c2cncc3ccccc23)CC1. The van der Waals surface area contributed by atoms with Gasteiger partial charge in [-0.25, -0.2) is 4.79 Å². The molecule has 2 aromatic carbocycles. The van der Waals surface area contributed by atoms with Crippen LogP contribution >= 0.6 is 0 Å². The Balaban J connectivity index is 1.44. The van der Waals surface area contributed by atoms with Gasteiger partial charge in [-0.2, -0.15) is 0 Å². The topological polar surface area (TPSA) is 42.4 Å². The molecule has 0 radical (unpaired) electrons. The lowest BCUT2D eigenvalue weighted by Gasteiger charge is -2.26. The number of pyridine rings is 1. The van der Waals surface area contributed by atoms with Gasteiger partial charge in [-0.3, -0.25) is 4.98 Å². The number of rotatable bonds is 3. The van der Waals surface area contributed by atoms with Gasteiger partial charge < -0.3 is 9.64 Å². The van der Waals surface area contributed by atoms with Crippen LogP contribution < -0.4 is 0 Å². The van der Waals surface area contributed by atoms with Gasteiger partial charge in [0.25, 0.3) is 0 Å². The first-order valence-corrected chi connectivity index (χ1v) is 8.79. The number of benzene rings is 2. The molecule has 0 bridgehead atoms. The van der Waals surface area contributed by atoms with Crippen LogP contribution in [0.1, 0.15) is 17.5 Å². The van der Waals surface area contributed by atoms with Crippen molar-refractivity contribution in [2.45, 2.75) is 13.0 Å². The molecule has 1 aliphatic heterocycles. The molecule has 1 aromatic heterocycles. The third-order valence-corrected chi connectivity index (χ3v) is 4.69. The lowest BCUT2D eigenvalue weighted by molar-refractivity contribution is 0.0998. The monoisotopic (exact) mass is 344 g/mol. The zero-order chi connectivity index (χ0) is 17.8. The van der Waals surface area contributed by atoms with Crippen molar-refractivity contribution in [1.82, 2.24) is 9.88 Å². The minimum atomic E-state index is -0.264. The normalized spacial score (nSPS) is 14.2. The molecular formula is C22H20N2O2. The van der Waals surface area contributed by atoms with E-state index in [0.717, 1.165) is 22.9 Å². The number of carbonyl (C=O) groups excluding carboxylic acids is 1. The summed E-state index contributed by atoms with van der Waals surface area (Å²) >= 11 is 0. The maximum atomic E-state index is 12.3. The fraction of sp³-hybridized carbons (Fsp3) is 0.182. The van der Waals surface area contributed by atoms with Gasteiger partial charge in [-0.1, -0.05) is 60.7 Å². The minimum Gasteiger partial charge on any atom is -0.445 e. The number of nitrogens with zero attached hydrogens (tertiary/aromatic N) is 2. The van der Waals surface area contributed by atoms with Crippen LogP contribution in [-0.2, 0) is 11.3 Å². The standard InChI is InChI=1S/C22H20N2O2/c25-22(26-16-17-6-2-1-3-7-17)24-12-10-18(11-13-24)21-15-23-14-19-8-4-5-9-20(19)21/h1-10,14-15H,11-13,16H2. The van der Waals surface area contributed by atoms with Crippen molar-refractivity contribution in [2.24, 2.45) is 0 Å². The van der Waals surface area contributed by atoms with Crippen LogP contribution in [0, 0.1) is 0 Å². The molecule has 130 valence electrons. The van der Waals surface area contributed by atoms with Crippen LogP contribution in [0.15, 0.2) is 73.1 Å². The lowest BCUT2D eigenvalue weighted by atomic mass is 9.96. The molecule has 26 heavy (non-hydrogen) atoms. The van der Waals surface area contributed by atoms with Crippen LogP contribution in [0.2, 0.25) is 0 Å². The summed E-state index contributed by atoms with van der Waals surface area (Å²) in [6.45, 7) is 1.52. The van der Waals surface area contributed by atoms with Crippen molar-refractivity contribution in [3.05, 3.63) is 84.2 Å². The Morgan fingerprint density at radius 2 is 1.85 bits per heavy atom. The van der Waals surface area contributed by atoms with Crippen molar-refractivity contribution in [2.75, 3.05) is 13.1 Å². The quantitative estimate of drug-likeness (QED) is 0.694. The maximum absolute atomic E-state index is 12.3. The first-order valence-electron chi connectivity index (χ1n) is 8.79. The highest BCUT2D eigenvalue weighted by atomic mass is 16.6. The molecule has 1 amide bonds. The number of aromatic nitrogens is 1. The molecule has 0 saturated heterocycles. The lowest BCUT2D eigenvalue weighted by Crippen LogP contribution is -2.35. The van der Waals surface area contributed by atoms with Crippen LogP contribution in [-0.4, -0.2) is 29.1 Å². The molecule has 0 aliphatic carbocycles. The van der Waals surface area contributed by atoms with Gasteiger partial charge in [0.1, 0.15) is 6.61 Å². The summed E-state index contributed by atoms with van der Waals surface area (Å²) in [6, 6.07) is 18.0. The first-order chi connectivity index (χ1) is 12.8. The van der Waals surface area contributed by atoms with Crippen LogP contribution in [0.5, 0.6) is 0 Å². The van der Waals surface area contributed by atoms with Crippen LogP contribution in [0.25, 0.3) is 16.3 Å². The minimum absolute atomic E-state index is 0.264. The number of fused-ring (bicyclic) bond motifs is 1. The molecule has 1 aliphatic rings. The first kappa shape index (κ1) is 16.3. The number of hydrogen-bond donors (Lipinski definition) is 0. The Kier molecular flexibility index (Phi) is 4.65. The van der Waals surface area contributed by atoms with Crippen LogP contribution in [0.3, 0.4) is 0 Å². The second-order valence-electron chi connectivity index (χ2n) is 6.37. The molecule has 4 nitrogen and oxygen atoms in total. The van der Waals surface area contributed by atoms with Gasteiger partial charge in [0.15, 0.2) is 0 Å². The Morgan fingerprint density at radius 3 is 2.65 bits per heavy atom. The van der Waals surface area contributed by atoms with Gasteiger partial charge in [0, 0.05) is 36.4 Å². The van der Waals surface area contributed by atoms with E-state index in [4.69, 9.17) is 4.74 Å². The van der Waals surface area contributed by atoms with E-state index in [-0.39, 0.29) is 6.09 Å². The van der Waals surface area contributed by atoms with Crippen molar-refractivity contribution in [3.63, 3.8) is 0 Å². The summed E-state index contributed by atoms with van der Waals surface area (Å²) in [6.07, 6.45) is 6.44. The fourth-order valence-corrected chi connectivity index (χ4v) is 3.26. The van der Waals surface area contributed by atoms with E-state index in [2.05, 4.69) is 23.2 Å². The third-order valence-electron chi connectivity index (χ3n) is 4.69. The average molecular weight is 344 g/mol. The largest absolute Gasteiger partial charge is 0.445 e. The average Bonchev–Trinajstić information content (AvgIpc) is 2.72. The smallest absolute Gasteiger partial charge is 0.410 e. The van der Waals surface area contributed by atoms with Gasteiger partial charge in [-0.15, -0.1) is 0 Å². The Hall–Kier alpha value is -3.14. The number of carbonyl (C=O) groups is 1. The van der Waals surface area contributed by atoms with Crippen molar-refractivity contribution in [3.8, 4) is 0 Å². The molecule has 0 fully saturated rings. The molecule has 4 heteroatoms. The van der Waals surface area contributed by atoms with E-state index in [1.54, 1.807) is 4.90 Å². The number of hydrogen-bond acceptors (Lipinski definition) is 3. The van der Waals surface area contributed by atoms with Gasteiger partial charge in [0.05, 0.1) is 0 Å². The predicted octanol–water partition coefficient (Wildman–Crippen LogP) is 4.66. The highest BCUT2D eigenvalue weighted by Gasteiger charge is 2.20. The zero-order valence-corrected chi connectivity index (χ0v) is 14.5. The molecule has 2 heterocycles. The highest BCUT2D eigenvalue weighted by Crippen LogP contribution is 2.28. The molecule has 4 rings (SSSR count). The molecule has 0 unspecified atom stereocenters. The third kappa shape index (κ3) is 3.45. The molecular weight excluding hydrogens is 324 g/mol. The van der Waals surface area contributed by atoms with E-state index >= 15 is 0 Å². The Bertz CT molecular complexity index is 945. The molecule has 0 spiro atoms. The second kappa shape index (κ2) is 7.40. The summed E-state index contributed by atoms with van der Waals surface area (Å²) in [4.78, 5) is 18.4. The van der Waals surface area contributed by atoms with Crippen molar-refractivity contribution in [1.29, 1.82) is 0 Å². The fourth-order valence-electron chi connectivity index (χ4n) is 3.26. The van der Waals surface area contributed by atoms with Gasteiger partial charge in [0.2, 0.25) is 0 Å². The summed E-state index contributed by atoms with van der Waals surface area (Å²) in [5.74, 6) is 0. The Morgan fingerprint density at radius 1 is 1.04 bits per heavy atom. The second-order valence-corrected chi connectivity index (χ2v) is 6.37. The van der Waals surface area contributed by atoms with Crippen LogP contribution in [0.4, 0.5) is 4.79 Å². The molecule has 0 atom stereocenters. The van der Waals surface area contributed by atoms with Crippen molar-refractivity contribution >= 4 is 22.4 Å². The van der Waals surface area contributed by atoms with Gasteiger partial charge in [-0.05, 0) is 22.9 Å².